The first-order valence-electron chi connectivity index (χ1n) is 4.31. The van der Waals surface area contributed by atoms with Crippen LogP contribution in [0.2, 0.25) is 0 Å². The normalized spacial score (nSPS) is 12.1. The molecule has 86 valence electrons. The summed E-state index contributed by atoms with van der Waals surface area (Å²) in [7, 11) is 0. The Morgan fingerprint density at radius 3 is 2.19 bits per heavy atom. The van der Waals surface area contributed by atoms with Crippen molar-refractivity contribution in [1.29, 1.82) is 0 Å². The van der Waals surface area contributed by atoms with Gasteiger partial charge in [-0.25, -0.2) is 0 Å². The van der Waals surface area contributed by atoms with Gasteiger partial charge in [-0.3, -0.25) is 0 Å². The molecule has 0 saturated carbocycles. The predicted octanol–water partition coefficient (Wildman–Crippen LogP) is 4.01. The van der Waals surface area contributed by atoms with Crippen LogP contribution < -0.4 is 0 Å². The molecule has 6 heteroatoms. The number of halogens is 4. The van der Waals surface area contributed by atoms with Gasteiger partial charge in [-0.05, 0) is 19.1 Å². The zero-order valence-corrected chi connectivity index (χ0v) is 8.06. The molecule has 0 aromatic carbocycles. The van der Waals surface area contributed by atoms with Crippen LogP contribution in [0.25, 0.3) is 11.5 Å². The van der Waals surface area contributed by atoms with Crippen molar-refractivity contribution in [2.24, 2.45) is 0 Å². The third kappa shape index (κ3) is 1.82. The average molecular weight is 234 g/mol. The third-order valence-corrected chi connectivity index (χ3v) is 1.98. The zero-order valence-electron chi connectivity index (χ0n) is 8.06. The van der Waals surface area contributed by atoms with Gasteiger partial charge in [0.25, 0.3) is 6.01 Å². The lowest BCUT2D eigenvalue weighted by atomic mass is 10.2. The molecule has 0 N–H and O–H groups in total. The van der Waals surface area contributed by atoms with E-state index in [4.69, 9.17) is 4.42 Å². The highest BCUT2D eigenvalue weighted by Gasteiger charge is 2.37. The fourth-order valence-corrected chi connectivity index (χ4v) is 1.25. The SMILES string of the molecule is Cc1ccc(-c2cc(C(F)(F)F)c(F)o2)o1. The Kier molecular flexibility index (Phi) is 2.29. The van der Waals surface area contributed by atoms with Crippen molar-refractivity contribution in [1.82, 2.24) is 0 Å². The van der Waals surface area contributed by atoms with Gasteiger partial charge in [-0.15, -0.1) is 0 Å². The monoisotopic (exact) mass is 234 g/mol. The minimum Gasteiger partial charge on any atom is -0.458 e. The number of hydrogen-bond acceptors (Lipinski definition) is 2. The molecule has 0 amide bonds. The summed E-state index contributed by atoms with van der Waals surface area (Å²) in [6, 6.07) is 1.88. The Labute approximate surface area is 87.5 Å². The quantitative estimate of drug-likeness (QED) is 0.697. The van der Waals surface area contributed by atoms with Crippen LogP contribution in [0.5, 0.6) is 0 Å². The minimum absolute atomic E-state index is 0.0619. The van der Waals surface area contributed by atoms with E-state index in [2.05, 4.69) is 4.42 Å². The van der Waals surface area contributed by atoms with Crippen molar-refractivity contribution < 1.29 is 26.4 Å². The molecule has 2 heterocycles. The van der Waals surface area contributed by atoms with Crippen molar-refractivity contribution in [2.75, 3.05) is 0 Å². The Hall–Kier alpha value is -1.72. The molecule has 0 bridgehead atoms. The molecule has 0 saturated heterocycles. The second-order valence-electron chi connectivity index (χ2n) is 3.21. The van der Waals surface area contributed by atoms with E-state index in [-0.39, 0.29) is 11.5 Å². The van der Waals surface area contributed by atoms with E-state index in [0.29, 0.717) is 11.8 Å². The molecule has 16 heavy (non-hydrogen) atoms. The number of furan rings is 2. The molecule has 0 spiro atoms. The Morgan fingerprint density at radius 2 is 1.75 bits per heavy atom. The van der Waals surface area contributed by atoms with E-state index in [1.807, 2.05) is 0 Å². The molecular formula is C10H6F4O2. The molecule has 0 aliphatic carbocycles. The first kappa shape index (κ1) is 10.8. The highest BCUT2D eigenvalue weighted by molar-refractivity contribution is 5.51. The summed E-state index contributed by atoms with van der Waals surface area (Å²) in [5.74, 6) is 0.283. The predicted molar refractivity (Wildman–Crippen MR) is 46.1 cm³/mol. The van der Waals surface area contributed by atoms with Crippen molar-refractivity contribution in [2.45, 2.75) is 13.1 Å². The van der Waals surface area contributed by atoms with Crippen LogP contribution in [-0.4, -0.2) is 0 Å². The largest absolute Gasteiger partial charge is 0.458 e. The number of rotatable bonds is 1. The molecule has 2 aromatic rings. The standard InChI is InChI=1S/C10H6F4O2/c1-5-2-3-7(15-5)8-4-6(9(11)16-8)10(12,13)14/h2-4H,1H3. The summed E-state index contributed by atoms with van der Waals surface area (Å²) in [5, 5.41) is 0. The van der Waals surface area contributed by atoms with Crippen molar-refractivity contribution in [3.63, 3.8) is 0 Å². The molecular weight excluding hydrogens is 228 g/mol. The van der Waals surface area contributed by atoms with Crippen molar-refractivity contribution >= 4 is 0 Å². The van der Waals surface area contributed by atoms with Gasteiger partial charge in [0, 0.05) is 6.07 Å². The summed E-state index contributed by atoms with van der Waals surface area (Å²) < 4.78 is 59.0. The highest BCUT2D eigenvalue weighted by Crippen LogP contribution is 2.36. The topological polar surface area (TPSA) is 26.3 Å². The molecule has 2 rings (SSSR count). The van der Waals surface area contributed by atoms with Crippen LogP contribution in [-0.2, 0) is 6.18 Å². The zero-order chi connectivity index (χ0) is 11.9. The highest BCUT2D eigenvalue weighted by atomic mass is 19.4. The Morgan fingerprint density at radius 1 is 1.06 bits per heavy atom. The van der Waals surface area contributed by atoms with Gasteiger partial charge in [-0.2, -0.15) is 17.6 Å². The van der Waals surface area contributed by atoms with Crippen LogP contribution in [0.15, 0.2) is 27.0 Å². The maximum Gasteiger partial charge on any atom is 0.422 e. The lowest BCUT2D eigenvalue weighted by molar-refractivity contribution is -0.141. The van der Waals surface area contributed by atoms with Gasteiger partial charge in [0.1, 0.15) is 11.3 Å². The summed E-state index contributed by atoms with van der Waals surface area (Å²) in [6.07, 6.45) is -4.77. The maximum absolute atomic E-state index is 12.9. The molecule has 0 radical (unpaired) electrons. The van der Waals surface area contributed by atoms with Gasteiger partial charge < -0.3 is 8.83 Å². The van der Waals surface area contributed by atoms with Gasteiger partial charge in [0.15, 0.2) is 11.5 Å². The van der Waals surface area contributed by atoms with E-state index in [0.717, 1.165) is 0 Å². The summed E-state index contributed by atoms with van der Waals surface area (Å²) >= 11 is 0. The fraction of sp³-hybridized carbons (Fsp3) is 0.200. The van der Waals surface area contributed by atoms with E-state index < -0.39 is 17.8 Å². The molecule has 2 aromatic heterocycles. The lowest BCUT2D eigenvalue weighted by Gasteiger charge is -2.00. The molecule has 0 unspecified atom stereocenters. The first-order valence-corrected chi connectivity index (χ1v) is 4.31. The van der Waals surface area contributed by atoms with E-state index in [1.54, 1.807) is 13.0 Å². The Balaban J connectivity index is 2.46. The van der Waals surface area contributed by atoms with Gasteiger partial charge >= 0.3 is 6.18 Å². The van der Waals surface area contributed by atoms with Crippen molar-refractivity contribution in [3.05, 3.63) is 35.5 Å². The molecule has 2 nitrogen and oxygen atoms in total. The van der Waals surface area contributed by atoms with E-state index >= 15 is 0 Å². The van der Waals surface area contributed by atoms with Crippen LogP contribution in [0.1, 0.15) is 11.3 Å². The molecule has 0 atom stereocenters. The number of alkyl halides is 3. The van der Waals surface area contributed by atoms with Gasteiger partial charge in [0.2, 0.25) is 0 Å². The first-order chi connectivity index (χ1) is 7.38. The van der Waals surface area contributed by atoms with Gasteiger partial charge in [0.05, 0.1) is 0 Å². The third-order valence-electron chi connectivity index (χ3n) is 1.98. The second kappa shape index (κ2) is 3.40. The van der Waals surface area contributed by atoms with E-state index in [9.17, 15) is 17.6 Å². The van der Waals surface area contributed by atoms with Crippen LogP contribution in [0, 0.1) is 12.9 Å². The maximum atomic E-state index is 12.9. The minimum atomic E-state index is -4.77. The second-order valence-corrected chi connectivity index (χ2v) is 3.21. The number of hydrogen-bond donors (Lipinski definition) is 0. The van der Waals surface area contributed by atoms with Gasteiger partial charge in [-0.1, -0.05) is 0 Å². The summed E-state index contributed by atoms with van der Waals surface area (Å²) in [5.41, 5.74) is -1.43. The van der Waals surface area contributed by atoms with Crippen molar-refractivity contribution in [3.8, 4) is 11.5 Å². The number of aryl methyl sites for hydroxylation is 1. The smallest absolute Gasteiger partial charge is 0.422 e. The lowest BCUT2D eigenvalue weighted by Crippen LogP contribution is -2.04. The molecule has 0 fully saturated rings. The summed E-state index contributed by atoms with van der Waals surface area (Å²) in [4.78, 5) is 0. The summed E-state index contributed by atoms with van der Waals surface area (Å²) in [6.45, 7) is 1.62. The van der Waals surface area contributed by atoms with Crippen LogP contribution >= 0.6 is 0 Å². The Bertz CT molecular complexity index is 507. The van der Waals surface area contributed by atoms with Crippen LogP contribution in [0.3, 0.4) is 0 Å². The fourth-order valence-electron chi connectivity index (χ4n) is 1.25. The molecule has 0 aliphatic heterocycles. The average Bonchev–Trinajstić information content (AvgIpc) is 2.70. The molecule has 0 aliphatic rings. The van der Waals surface area contributed by atoms with Crippen LogP contribution in [0.4, 0.5) is 17.6 Å². The van der Waals surface area contributed by atoms with E-state index in [1.165, 1.54) is 6.07 Å².